The molecule has 0 unspecified atom stereocenters. The van der Waals surface area contributed by atoms with Gasteiger partial charge in [0.2, 0.25) is 0 Å². The molecule has 0 aromatic carbocycles. The topological polar surface area (TPSA) is 220 Å². The van der Waals surface area contributed by atoms with Gasteiger partial charge in [-0.15, -0.1) is 0 Å². The van der Waals surface area contributed by atoms with E-state index < -0.39 is 62.8 Å². The third-order valence-corrected chi connectivity index (χ3v) is 6.26. The zero-order chi connectivity index (χ0) is 22.4. The molecule has 6 atom stereocenters. The molecule has 0 aromatic heterocycles. The number of hydrogen-bond acceptors (Lipinski definition) is 13. The van der Waals surface area contributed by atoms with Crippen LogP contribution in [0.5, 0.6) is 0 Å². The summed E-state index contributed by atoms with van der Waals surface area (Å²) in [5, 5.41) is 51.7. The molecule has 0 aliphatic carbocycles. The minimum Gasteiger partial charge on any atom is -0.394 e. The van der Waals surface area contributed by atoms with E-state index in [1.54, 1.807) is 0 Å². The highest BCUT2D eigenvalue weighted by Gasteiger charge is 2.44. The summed E-state index contributed by atoms with van der Waals surface area (Å²) in [6, 6.07) is 0. The Hall–Kier alpha value is -0.560. The zero-order valence-electron chi connectivity index (χ0n) is 15.3. The first-order valence-electron chi connectivity index (χ1n) is 8.29. The standard InChI is InChI=1S/C13H25NO12S3/c1-28(20,21)5-4-7(16)2-3-9(14-26-29(22,23)24)27-13-12(19)11(18)10(17)8(6-15)25-13/h7-8,10-13,15-19H,2-6H2,1H3,(H,22,23,24)/b14-9-/t7-,8+,10+,11-,12+,13-/m0/s1. The minimum absolute atomic E-state index is 0.0758. The lowest BCUT2D eigenvalue weighted by molar-refractivity contribution is -0.205. The van der Waals surface area contributed by atoms with Gasteiger partial charge in [0, 0.05) is 12.7 Å². The lowest BCUT2D eigenvalue weighted by atomic mass is 10.0. The third-order valence-electron chi connectivity index (χ3n) is 3.85. The van der Waals surface area contributed by atoms with Gasteiger partial charge in [-0.25, -0.2) is 12.7 Å². The van der Waals surface area contributed by atoms with E-state index in [2.05, 4.69) is 9.44 Å². The van der Waals surface area contributed by atoms with Gasteiger partial charge in [0.15, 0.2) is 0 Å². The maximum absolute atomic E-state index is 11.1. The van der Waals surface area contributed by atoms with E-state index in [1.165, 1.54) is 0 Å². The van der Waals surface area contributed by atoms with E-state index in [0.29, 0.717) is 11.8 Å². The van der Waals surface area contributed by atoms with Gasteiger partial charge < -0.3 is 30.3 Å². The molecule has 1 aliphatic heterocycles. The van der Waals surface area contributed by atoms with Gasteiger partial charge in [-0.05, 0) is 12.8 Å². The summed E-state index contributed by atoms with van der Waals surface area (Å²) in [6.45, 7) is -0.680. The molecule has 1 heterocycles. The van der Waals surface area contributed by atoms with Crippen molar-refractivity contribution < 1.29 is 55.9 Å². The summed E-state index contributed by atoms with van der Waals surface area (Å²) in [6.07, 6.45) is -6.55. The fourth-order valence-corrected chi connectivity index (χ4v) is 4.31. The predicted octanol–water partition coefficient (Wildman–Crippen LogP) is -2.77. The van der Waals surface area contributed by atoms with Crippen LogP contribution in [0.15, 0.2) is 5.16 Å². The third kappa shape index (κ3) is 9.86. The van der Waals surface area contributed by atoms with Crippen LogP contribution in [0.4, 0.5) is 0 Å². The minimum atomic E-state index is -4.95. The number of ether oxygens (including phenoxy) is 1. The fourth-order valence-electron chi connectivity index (χ4n) is 2.30. The quantitative estimate of drug-likeness (QED) is 0.0802. The average molecular weight is 484 g/mol. The summed E-state index contributed by atoms with van der Waals surface area (Å²) >= 11 is 0.571. The SMILES string of the molecule is CS(=O)(=O)CC[C@@H](O)CC/C(=N/OS(=O)(=O)O)S[C@@H]1O[C@H](CO)[C@@H](O)[C@H](O)[C@H]1O. The molecule has 1 rings (SSSR count). The normalized spacial score (nSPS) is 30.2. The van der Waals surface area contributed by atoms with Crippen LogP contribution in [0.3, 0.4) is 0 Å². The first-order chi connectivity index (χ1) is 13.2. The molecule has 0 bridgehead atoms. The molecule has 0 spiro atoms. The van der Waals surface area contributed by atoms with Crippen LogP contribution < -0.4 is 0 Å². The first-order valence-corrected chi connectivity index (χ1v) is 12.6. The van der Waals surface area contributed by atoms with Crippen molar-refractivity contribution in [2.45, 2.75) is 55.2 Å². The van der Waals surface area contributed by atoms with Gasteiger partial charge >= 0.3 is 10.4 Å². The summed E-state index contributed by atoms with van der Waals surface area (Å²) in [5.74, 6) is -0.276. The van der Waals surface area contributed by atoms with Gasteiger partial charge in [0.05, 0.1) is 18.5 Å². The van der Waals surface area contributed by atoms with Crippen molar-refractivity contribution >= 4 is 37.0 Å². The van der Waals surface area contributed by atoms with Crippen molar-refractivity contribution in [3.63, 3.8) is 0 Å². The van der Waals surface area contributed by atoms with Crippen LogP contribution in [-0.4, -0.2) is 107 Å². The molecule has 172 valence electrons. The Kier molecular flexibility index (Phi) is 10.2. The van der Waals surface area contributed by atoms with Crippen molar-refractivity contribution in [1.82, 2.24) is 0 Å². The number of oxime groups is 1. The number of sulfone groups is 1. The second-order valence-electron chi connectivity index (χ2n) is 6.41. The van der Waals surface area contributed by atoms with Crippen LogP contribution in [0.25, 0.3) is 0 Å². The van der Waals surface area contributed by atoms with E-state index in [1.807, 2.05) is 0 Å². The number of nitrogens with zero attached hydrogens (tertiary/aromatic N) is 1. The molecular weight excluding hydrogens is 458 g/mol. The Labute approximate surface area is 172 Å². The lowest BCUT2D eigenvalue weighted by Crippen LogP contribution is -2.57. The van der Waals surface area contributed by atoms with E-state index in [9.17, 15) is 42.4 Å². The Balaban J connectivity index is 2.84. The summed E-state index contributed by atoms with van der Waals surface area (Å²) in [4.78, 5) is 0. The zero-order valence-corrected chi connectivity index (χ0v) is 17.8. The Bertz CT molecular complexity index is 753. The number of thioether (sulfide) groups is 1. The molecule has 13 nitrogen and oxygen atoms in total. The number of hydrogen-bond donors (Lipinski definition) is 6. The van der Waals surface area contributed by atoms with Gasteiger partial charge in [0.25, 0.3) is 0 Å². The lowest BCUT2D eigenvalue weighted by Gasteiger charge is -2.39. The second-order valence-corrected chi connectivity index (χ2v) is 10.8. The van der Waals surface area contributed by atoms with Gasteiger partial charge in [-0.2, -0.15) is 8.42 Å². The highest BCUT2D eigenvalue weighted by atomic mass is 32.3. The molecule has 6 N–H and O–H groups in total. The first kappa shape index (κ1) is 26.5. The van der Waals surface area contributed by atoms with E-state index in [-0.39, 0.29) is 30.1 Å². The maximum atomic E-state index is 11.1. The summed E-state index contributed by atoms with van der Waals surface area (Å²) < 4.78 is 61.6. The molecule has 0 aromatic rings. The molecule has 0 radical (unpaired) electrons. The number of rotatable bonds is 10. The van der Waals surface area contributed by atoms with Crippen LogP contribution in [0, 0.1) is 0 Å². The number of aliphatic hydroxyl groups excluding tert-OH is 5. The van der Waals surface area contributed by atoms with Crippen molar-refractivity contribution in [1.29, 1.82) is 0 Å². The molecule has 1 aliphatic rings. The summed E-state index contributed by atoms with van der Waals surface area (Å²) in [7, 11) is -8.25. The van der Waals surface area contributed by atoms with Crippen LogP contribution in [0.1, 0.15) is 19.3 Å². The van der Waals surface area contributed by atoms with E-state index >= 15 is 0 Å². The van der Waals surface area contributed by atoms with Crippen LogP contribution >= 0.6 is 11.8 Å². The van der Waals surface area contributed by atoms with Gasteiger partial charge in [0.1, 0.15) is 44.7 Å². The predicted molar refractivity (Wildman–Crippen MR) is 101 cm³/mol. The van der Waals surface area contributed by atoms with E-state index in [4.69, 9.17) is 9.29 Å². The fraction of sp³-hybridized carbons (Fsp3) is 0.923. The molecular formula is C13H25NO12S3. The molecule has 1 fully saturated rings. The maximum Gasteiger partial charge on any atom is 0.466 e. The molecule has 29 heavy (non-hydrogen) atoms. The van der Waals surface area contributed by atoms with Crippen molar-refractivity contribution in [3.8, 4) is 0 Å². The monoisotopic (exact) mass is 483 g/mol. The van der Waals surface area contributed by atoms with Crippen LogP contribution in [0.2, 0.25) is 0 Å². The average Bonchev–Trinajstić information content (AvgIpc) is 2.60. The highest BCUT2D eigenvalue weighted by molar-refractivity contribution is 8.14. The highest BCUT2D eigenvalue weighted by Crippen LogP contribution is 2.30. The largest absolute Gasteiger partial charge is 0.466 e. The Morgan fingerprint density at radius 1 is 1.14 bits per heavy atom. The van der Waals surface area contributed by atoms with Crippen molar-refractivity contribution in [2.75, 3.05) is 18.6 Å². The Morgan fingerprint density at radius 2 is 1.76 bits per heavy atom. The van der Waals surface area contributed by atoms with Gasteiger partial charge in [-0.3, -0.25) is 4.55 Å². The summed E-state index contributed by atoms with van der Waals surface area (Å²) in [5.41, 5.74) is -1.30. The molecule has 0 amide bonds. The van der Waals surface area contributed by atoms with E-state index in [0.717, 1.165) is 6.26 Å². The second kappa shape index (κ2) is 11.2. The van der Waals surface area contributed by atoms with Crippen molar-refractivity contribution in [3.05, 3.63) is 0 Å². The number of aliphatic hydroxyl groups is 5. The Morgan fingerprint density at radius 3 is 2.28 bits per heavy atom. The molecule has 0 saturated carbocycles. The molecule has 1 saturated heterocycles. The van der Waals surface area contributed by atoms with Gasteiger partial charge in [-0.1, -0.05) is 16.9 Å². The smallest absolute Gasteiger partial charge is 0.394 e. The van der Waals surface area contributed by atoms with Crippen molar-refractivity contribution in [2.24, 2.45) is 5.16 Å². The molecule has 16 heteroatoms. The van der Waals surface area contributed by atoms with Crippen LogP contribution in [-0.2, 0) is 29.3 Å².